The van der Waals surface area contributed by atoms with Crippen LogP contribution >= 0.6 is 11.6 Å². The predicted molar refractivity (Wildman–Crippen MR) is 121 cm³/mol. The molecule has 1 aliphatic rings. The van der Waals surface area contributed by atoms with E-state index in [1.165, 1.54) is 6.26 Å². The molecule has 30 heavy (non-hydrogen) atoms. The lowest BCUT2D eigenvalue weighted by molar-refractivity contribution is 0.119. The molecule has 1 fully saturated rings. The standard InChI is InChI=1S/C20H28ClN3O4S2/c1-5-12(9-20(2,3)29(22)25)16-10-24-19(17-11-23-18(21)8-15(16)17)28-13-6-14(7-13)30(4,26)27/h8,10-14H,5-7,9,22H2,1-4H3/t12-,13?,14?,29?/m0/s1. The molecule has 166 valence electrons. The van der Waals surface area contributed by atoms with Gasteiger partial charge in [0.25, 0.3) is 0 Å². The first kappa shape index (κ1) is 23.4. The molecule has 0 spiro atoms. The Bertz CT molecular complexity index is 1070. The Kier molecular flexibility index (Phi) is 6.77. The molecular weight excluding hydrogens is 446 g/mol. The molecule has 0 radical (unpaired) electrons. The minimum atomic E-state index is -3.05. The van der Waals surface area contributed by atoms with Crippen LogP contribution in [-0.2, 0) is 20.8 Å². The molecule has 10 heteroatoms. The Morgan fingerprint density at radius 1 is 1.30 bits per heavy atom. The summed E-state index contributed by atoms with van der Waals surface area (Å²) in [7, 11) is -4.51. The number of nitrogens with two attached hydrogens (primary N) is 1. The maximum Gasteiger partial charge on any atom is 0.223 e. The highest BCUT2D eigenvalue weighted by Crippen LogP contribution is 2.39. The average Bonchev–Trinajstić information content (AvgIpc) is 2.61. The number of sulfone groups is 1. The molecule has 1 unspecified atom stereocenters. The fourth-order valence-corrected chi connectivity index (χ4v) is 5.45. The summed E-state index contributed by atoms with van der Waals surface area (Å²) in [6.07, 6.45) is 6.82. The summed E-state index contributed by atoms with van der Waals surface area (Å²) in [5, 5.41) is 7.30. The molecule has 0 saturated heterocycles. The summed E-state index contributed by atoms with van der Waals surface area (Å²) in [5.74, 6) is 0.500. The second-order valence-corrected chi connectivity index (χ2v) is 13.0. The number of aromatic nitrogens is 2. The van der Waals surface area contributed by atoms with Crippen LogP contribution < -0.4 is 9.88 Å². The van der Waals surface area contributed by atoms with Gasteiger partial charge in [-0.05, 0) is 49.6 Å². The maximum atomic E-state index is 12.0. The molecule has 1 saturated carbocycles. The van der Waals surface area contributed by atoms with Gasteiger partial charge in [0.05, 0.1) is 26.4 Å². The Morgan fingerprint density at radius 2 is 1.97 bits per heavy atom. The van der Waals surface area contributed by atoms with Crippen molar-refractivity contribution in [3.8, 4) is 5.88 Å². The number of pyridine rings is 2. The molecular formula is C20H28ClN3O4S2. The molecule has 0 bridgehead atoms. The van der Waals surface area contributed by atoms with E-state index in [1.807, 2.05) is 13.8 Å². The average molecular weight is 474 g/mol. The van der Waals surface area contributed by atoms with E-state index < -0.39 is 25.6 Å². The summed E-state index contributed by atoms with van der Waals surface area (Å²) < 4.78 is 40.7. The van der Waals surface area contributed by atoms with Gasteiger partial charge in [-0.3, -0.25) is 5.14 Å². The minimum Gasteiger partial charge on any atom is -0.474 e. The van der Waals surface area contributed by atoms with Crippen LogP contribution in [0.4, 0.5) is 0 Å². The van der Waals surface area contributed by atoms with Gasteiger partial charge in [0, 0.05) is 31.5 Å². The Labute approximate surface area is 185 Å². The van der Waals surface area contributed by atoms with Gasteiger partial charge in [-0.1, -0.05) is 18.5 Å². The van der Waals surface area contributed by atoms with Gasteiger partial charge >= 0.3 is 0 Å². The molecule has 2 heterocycles. The number of fused-ring (bicyclic) bond motifs is 1. The summed E-state index contributed by atoms with van der Waals surface area (Å²) in [5.41, 5.74) is 0.977. The zero-order valence-corrected chi connectivity index (χ0v) is 20.0. The number of nitrogens with zero attached hydrogens (tertiary/aromatic N) is 2. The first-order chi connectivity index (χ1) is 13.9. The summed E-state index contributed by atoms with van der Waals surface area (Å²) in [6.45, 7) is 5.85. The van der Waals surface area contributed by atoms with Crippen LogP contribution in [0, 0.1) is 0 Å². The van der Waals surface area contributed by atoms with E-state index in [9.17, 15) is 12.6 Å². The van der Waals surface area contributed by atoms with Gasteiger partial charge in [0.15, 0.2) is 9.84 Å². The largest absolute Gasteiger partial charge is 0.474 e. The van der Waals surface area contributed by atoms with Crippen LogP contribution in [0.15, 0.2) is 18.5 Å². The van der Waals surface area contributed by atoms with Crippen LogP contribution in [0.5, 0.6) is 5.88 Å². The molecule has 2 N–H and O–H groups in total. The highest BCUT2D eigenvalue weighted by molar-refractivity contribution is 7.91. The van der Waals surface area contributed by atoms with Gasteiger partial charge in [0.2, 0.25) is 5.88 Å². The molecule has 7 nitrogen and oxygen atoms in total. The van der Waals surface area contributed by atoms with Crippen molar-refractivity contribution < 1.29 is 17.4 Å². The van der Waals surface area contributed by atoms with Crippen LogP contribution in [0.2, 0.25) is 5.15 Å². The van der Waals surface area contributed by atoms with E-state index >= 15 is 0 Å². The van der Waals surface area contributed by atoms with E-state index in [-0.39, 0.29) is 17.3 Å². The summed E-state index contributed by atoms with van der Waals surface area (Å²) in [6, 6.07) is 1.79. The second kappa shape index (κ2) is 8.68. The number of hydrogen-bond acceptors (Lipinski definition) is 6. The van der Waals surface area contributed by atoms with Crippen LogP contribution in [-0.4, -0.2) is 45.0 Å². The zero-order chi connectivity index (χ0) is 22.3. The van der Waals surface area contributed by atoms with E-state index in [0.29, 0.717) is 30.3 Å². The fraction of sp³-hybridized carbons (Fsp3) is 0.600. The third kappa shape index (κ3) is 4.95. The lowest BCUT2D eigenvalue weighted by Gasteiger charge is -2.34. The third-order valence-corrected chi connectivity index (χ3v) is 8.94. The van der Waals surface area contributed by atoms with Gasteiger partial charge in [0.1, 0.15) is 11.3 Å². The van der Waals surface area contributed by atoms with Crippen molar-refractivity contribution in [2.75, 3.05) is 6.26 Å². The minimum absolute atomic E-state index is 0.0772. The highest BCUT2D eigenvalue weighted by Gasteiger charge is 2.38. The predicted octanol–water partition coefficient (Wildman–Crippen LogP) is 3.52. The number of ether oxygens (including phenoxy) is 1. The number of halogens is 1. The van der Waals surface area contributed by atoms with Crippen molar-refractivity contribution in [3.63, 3.8) is 0 Å². The maximum absolute atomic E-state index is 12.0. The van der Waals surface area contributed by atoms with Gasteiger partial charge in [-0.15, -0.1) is 0 Å². The van der Waals surface area contributed by atoms with Gasteiger partial charge < -0.3 is 4.74 Å². The molecule has 0 amide bonds. The van der Waals surface area contributed by atoms with E-state index in [2.05, 4.69) is 16.9 Å². The molecule has 2 aromatic rings. The first-order valence-electron chi connectivity index (χ1n) is 9.88. The monoisotopic (exact) mass is 473 g/mol. The van der Waals surface area contributed by atoms with Crippen LogP contribution in [0.25, 0.3) is 10.8 Å². The molecule has 2 atom stereocenters. The first-order valence-corrected chi connectivity index (χ1v) is 13.4. The molecule has 2 aromatic heterocycles. The molecule has 3 rings (SSSR count). The quantitative estimate of drug-likeness (QED) is 0.587. The topological polar surface area (TPSA) is 112 Å². The molecule has 0 aliphatic heterocycles. The third-order valence-electron chi connectivity index (χ3n) is 5.88. The van der Waals surface area contributed by atoms with Crippen LogP contribution in [0.1, 0.15) is 57.9 Å². The van der Waals surface area contributed by atoms with Crippen molar-refractivity contribution in [3.05, 3.63) is 29.2 Å². The van der Waals surface area contributed by atoms with Crippen molar-refractivity contribution in [1.82, 2.24) is 9.97 Å². The van der Waals surface area contributed by atoms with Gasteiger partial charge in [-0.2, -0.15) is 0 Å². The van der Waals surface area contributed by atoms with E-state index in [1.54, 1.807) is 18.5 Å². The normalized spacial score (nSPS) is 21.8. The number of rotatable bonds is 8. The van der Waals surface area contributed by atoms with E-state index in [0.717, 1.165) is 22.8 Å². The van der Waals surface area contributed by atoms with Crippen LogP contribution in [0.3, 0.4) is 0 Å². The Balaban J connectivity index is 1.93. The van der Waals surface area contributed by atoms with Crippen molar-refractivity contribution >= 4 is 43.2 Å². The smallest absolute Gasteiger partial charge is 0.223 e. The fourth-order valence-electron chi connectivity index (χ4n) is 3.80. The summed E-state index contributed by atoms with van der Waals surface area (Å²) in [4.78, 5) is 8.71. The Hall–Kier alpha value is -1.29. The highest BCUT2D eigenvalue weighted by atomic mass is 35.5. The summed E-state index contributed by atoms with van der Waals surface area (Å²) >= 11 is 6.18. The molecule has 0 aromatic carbocycles. The molecule has 1 aliphatic carbocycles. The lowest BCUT2D eigenvalue weighted by atomic mass is 9.86. The van der Waals surface area contributed by atoms with E-state index in [4.69, 9.17) is 21.5 Å². The zero-order valence-electron chi connectivity index (χ0n) is 17.6. The van der Waals surface area contributed by atoms with Gasteiger partial charge in [-0.25, -0.2) is 22.6 Å². The second-order valence-electron chi connectivity index (χ2n) is 8.60. The van der Waals surface area contributed by atoms with Crippen molar-refractivity contribution in [2.24, 2.45) is 5.14 Å². The number of hydrogen-bond donors (Lipinski definition) is 1. The van der Waals surface area contributed by atoms with Crippen molar-refractivity contribution in [1.29, 1.82) is 0 Å². The van der Waals surface area contributed by atoms with Crippen molar-refractivity contribution in [2.45, 2.75) is 68.5 Å². The SMILES string of the molecule is CC[C@@H](CC(C)(C)S(N)=O)c1cnc(OC2CC(S(C)(=O)=O)C2)c2cnc(Cl)cc12. The lowest BCUT2D eigenvalue weighted by Crippen LogP contribution is -2.42. The Morgan fingerprint density at radius 3 is 2.53 bits per heavy atom.